The van der Waals surface area contributed by atoms with E-state index in [1.165, 1.54) is 38.2 Å². The summed E-state index contributed by atoms with van der Waals surface area (Å²) in [4.78, 5) is 0. The van der Waals surface area contributed by atoms with Crippen molar-refractivity contribution in [1.82, 2.24) is 5.32 Å². The standard InChI is InChI=1S/C18H28FN/c1-3-10-20-18-9-8-14(4-2)11-16(18)12-15-6-5-7-17(19)13-15/h5-7,13-14,16,18,20H,3-4,8-12H2,1-2H3. The number of rotatable bonds is 6. The molecule has 0 amide bonds. The maximum Gasteiger partial charge on any atom is 0.123 e. The number of halogens is 1. The van der Waals surface area contributed by atoms with Gasteiger partial charge in [-0.2, -0.15) is 0 Å². The molecule has 1 aliphatic rings. The first-order valence-corrected chi connectivity index (χ1v) is 8.20. The normalized spacial score (nSPS) is 26.6. The zero-order valence-corrected chi connectivity index (χ0v) is 12.9. The van der Waals surface area contributed by atoms with Gasteiger partial charge in [-0.1, -0.05) is 32.4 Å². The summed E-state index contributed by atoms with van der Waals surface area (Å²) in [6.45, 7) is 5.61. The Kier molecular flexibility index (Phi) is 6.03. The minimum absolute atomic E-state index is 0.108. The smallest absolute Gasteiger partial charge is 0.123 e. The third-order valence-corrected chi connectivity index (χ3v) is 4.71. The van der Waals surface area contributed by atoms with Gasteiger partial charge in [-0.3, -0.25) is 0 Å². The molecule has 1 N–H and O–H groups in total. The molecule has 0 spiro atoms. The van der Waals surface area contributed by atoms with Crippen LogP contribution in [0.4, 0.5) is 4.39 Å². The van der Waals surface area contributed by atoms with Crippen LogP contribution >= 0.6 is 0 Å². The fourth-order valence-corrected chi connectivity index (χ4v) is 3.52. The highest BCUT2D eigenvalue weighted by Crippen LogP contribution is 2.33. The van der Waals surface area contributed by atoms with Crippen molar-refractivity contribution in [3.8, 4) is 0 Å². The third kappa shape index (κ3) is 4.31. The van der Waals surface area contributed by atoms with Gasteiger partial charge in [-0.15, -0.1) is 0 Å². The summed E-state index contributed by atoms with van der Waals surface area (Å²) in [5, 5.41) is 3.71. The third-order valence-electron chi connectivity index (χ3n) is 4.71. The van der Waals surface area contributed by atoms with Crippen molar-refractivity contribution < 1.29 is 4.39 Å². The van der Waals surface area contributed by atoms with Crippen LogP contribution in [0.3, 0.4) is 0 Å². The van der Waals surface area contributed by atoms with Crippen molar-refractivity contribution in [3.05, 3.63) is 35.6 Å². The van der Waals surface area contributed by atoms with E-state index in [1.54, 1.807) is 6.07 Å². The van der Waals surface area contributed by atoms with E-state index in [-0.39, 0.29) is 5.82 Å². The first kappa shape index (κ1) is 15.5. The lowest BCUT2D eigenvalue weighted by atomic mass is 9.74. The van der Waals surface area contributed by atoms with E-state index in [2.05, 4.69) is 25.2 Å². The molecule has 1 aromatic carbocycles. The van der Waals surface area contributed by atoms with Crippen molar-refractivity contribution in [3.63, 3.8) is 0 Å². The summed E-state index contributed by atoms with van der Waals surface area (Å²) in [5.41, 5.74) is 1.15. The van der Waals surface area contributed by atoms with Gasteiger partial charge in [0.05, 0.1) is 0 Å². The molecule has 1 saturated carbocycles. The van der Waals surface area contributed by atoms with Crippen LogP contribution in [0.2, 0.25) is 0 Å². The van der Waals surface area contributed by atoms with Crippen LogP contribution in [0.25, 0.3) is 0 Å². The Bertz CT molecular complexity index is 404. The number of nitrogens with one attached hydrogen (secondary N) is 1. The highest BCUT2D eigenvalue weighted by atomic mass is 19.1. The molecule has 0 aliphatic heterocycles. The zero-order chi connectivity index (χ0) is 14.4. The van der Waals surface area contributed by atoms with E-state index in [4.69, 9.17) is 0 Å². The SMILES string of the molecule is CCCNC1CCC(CC)CC1Cc1cccc(F)c1. The van der Waals surface area contributed by atoms with Crippen molar-refractivity contribution in [2.45, 2.75) is 58.4 Å². The Morgan fingerprint density at radius 2 is 2.10 bits per heavy atom. The van der Waals surface area contributed by atoms with E-state index in [9.17, 15) is 4.39 Å². The van der Waals surface area contributed by atoms with Crippen LogP contribution in [-0.2, 0) is 6.42 Å². The Morgan fingerprint density at radius 3 is 2.80 bits per heavy atom. The Labute approximate surface area is 123 Å². The molecule has 1 nitrogen and oxygen atoms in total. The predicted octanol–water partition coefficient (Wildman–Crippen LogP) is 4.56. The van der Waals surface area contributed by atoms with Crippen LogP contribution < -0.4 is 5.32 Å². The van der Waals surface area contributed by atoms with Gasteiger partial charge in [0.25, 0.3) is 0 Å². The summed E-state index contributed by atoms with van der Waals surface area (Å²) in [5.74, 6) is 1.40. The molecular weight excluding hydrogens is 249 g/mol. The Balaban J connectivity index is 2.02. The fourth-order valence-electron chi connectivity index (χ4n) is 3.52. The highest BCUT2D eigenvalue weighted by molar-refractivity contribution is 5.17. The zero-order valence-electron chi connectivity index (χ0n) is 12.9. The Hall–Kier alpha value is -0.890. The van der Waals surface area contributed by atoms with Gasteiger partial charge >= 0.3 is 0 Å². The van der Waals surface area contributed by atoms with E-state index >= 15 is 0 Å². The summed E-state index contributed by atoms with van der Waals surface area (Å²) < 4.78 is 13.3. The van der Waals surface area contributed by atoms with Crippen LogP contribution in [0.15, 0.2) is 24.3 Å². The summed E-state index contributed by atoms with van der Waals surface area (Å²) in [7, 11) is 0. The molecule has 112 valence electrons. The van der Waals surface area contributed by atoms with E-state index < -0.39 is 0 Å². The molecule has 3 atom stereocenters. The summed E-state index contributed by atoms with van der Waals surface area (Å²) in [6, 6.07) is 7.74. The average molecular weight is 277 g/mol. The summed E-state index contributed by atoms with van der Waals surface area (Å²) in [6.07, 6.45) is 7.38. The van der Waals surface area contributed by atoms with Gasteiger partial charge in [0.1, 0.15) is 5.82 Å². The van der Waals surface area contributed by atoms with Gasteiger partial charge in [0, 0.05) is 6.04 Å². The first-order valence-electron chi connectivity index (χ1n) is 8.20. The molecule has 2 heteroatoms. The second-order valence-electron chi connectivity index (χ2n) is 6.24. The van der Waals surface area contributed by atoms with Gasteiger partial charge < -0.3 is 5.32 Å². The largest absolute Gasteiger partial charge is 0.314 e. The van der Waals surface area contributed by atoms with Crippen LogP contribution in [0, 0.1) is 17.7 Å². The second-order valence-corrected chi connectivity index (χ2v) is 6.24. The number of hydrogen-bond acceptors (Lipinski definition) is 1. The molecule has 0 radical (unpaired) electrons. The maximum absolute atomic E-state index is 13.3. The molecule has 0 heterocycles. The molecular formula is C18H28FN. The van der Waals surface area contributed by atoms with E-state index in [0.29, 0.717) is 12.0 Å². The van der Waals surface area contributed by atoms with E-state index in [1.807, 2.05) is 6.07 Å². The highest BCUT2D eigenvalue weighted by Gasteiger charge is 2.29. The number of benzene rings is 1. The number of hydrogen-bond donors (Lipinski definition) is 1. The lowest BCUT2D eigenvalue weighted by Crippen LogP contribution is -2.41. The van der Waals surface area contributed by atoms with Gasteiger partial charge in [-0.25, -0.2) is 4.39 Å². The second kappa shape index (κ2) is 7.78. The predicted molar refractivity (Wildman–Crippen MR) is 83.3 cm³/mol. The average Bonchev–Trinajstić information content (AvgIpc) is 2.46. The lowest BCUT2D eigenvalue weighted by Gasteiger charge is -2.37. The molecule has 1 fully saturated rings. The molecule has 1 aliphatic carbocycles. The minimum Gasteiger partial charge on any atom is -0.314 e. The lowest BCUT2D eigenvalue weighted by molar-refractivity contribution is 0.198. The minimum atomic E-state index is -0.108. The van der Waals surface area contributed by atoms with Crippen LogP contribution in [0.5, 0.6) is 0 Å². The van der Waals surface area contributed by atoms with Gasteiger partial charge in [-0.05, 0) is 68.2 Å². The van der Waals surface area contributed by atoms with Crippen LogP contribution in [-0.4, -0.2) is 12.6 Å². The Morgan fingerprint density at radius 1 is 1.25 bits per heavy atom. The molecule has 1 aromatic rings. The molecule has 0 saturated heterocycles. The van der Waals surface area contributed by atoms with Crippen molar-refractivity contribution in [1.29, 1.82) is 0 Å². The van der Waals surface area contributed by atoms with Crippen molar-refractivity contribution >= 4 is 0 Å². The molecule has 20 heavy (non-hydrogen) atoms. The van der Waals surface area contributed by atoms with Gasteiger partial charge in [0.15, 0.2) is 0 Å². The van der Waals surface area contributed by atoms with Crippen molar-refractivity contribution in [2.75, 3.05) is 6.54 Å². The monoisotopic (exact) mass is 277 g/mol. The first-order chi connectivity index (χ1) is 9.72. The molecule has 3 unspecified atom stereocenters. The molecule has 0 bridgehead atoms. The van der Waals surface area contributed by atoms with Crippen molar-refractivity contribution in [2.24, 2.45) is 11.8 Å². The molecule has 2 rings (SSSR count). The fraction of sp³-hybridized carbons (Fsp3) is 0.667. The van der Waals surface area contributed by atoms with Crippen LogP contribution in [0.1, 0.15) is 51.5 Å². The van der Waals surface area contributed by atoms with Gasteiger partial charge in [0.2, 0.25) is 0 Å². The quantitative estimate of drug-likeness (QED) is 0.803. The summed E-state index contributed by atoms with van der Waals surface area (Å²) >= 11 is 0. The maximum atomic E-state index is 13.3. The van der Waals surface area contributed by atoms with E-state index in [0.717, 1.165) is 24.4 Å². The molecule has 0 aromatic heterocycles. The topological polar surface area (TPSA) is 12.0 Å².